The molecule has 0 amide bonds. The lowest BCUT2D eigenvalue weighted by atomic mass is 10.2. The van der Waals surface area contributed by atoms with Crippen LogP contribution < -0.4 is 15.4 Å². The summed E-state index contributed by atoms with van der Waals surface area (Å²) < 4.78 is 10.8. The van der Waals surface area contributed by atoms with E-state index >= 15 is 0 Å². The van der Waals surface area contributed by atoms with Crippen molar-refractivity contribution in [2.45, 2.75) is 26.8 Å². The number of nitrogens with one attached hydrogen (secondary N) is 2. The van der Waals surface area contributed by atoms with Crippen LogP contribution in [0.1, 0.15) is 19.4 Å². The maximum Gasteiger partial charge on any atom is 0.191 e. The average Bonchev–Trinajstić information content (AvgIpc) is 2.46. The van der Waals surface area contributed by atoms with Gasteiger partial charge in [0.2, 0.25) is 0 Å². The van der Waals surface area contributed by atoms with Crippen molar-refractivity contribution in [1.82, 2.24) is 10.6 Å². The second-order valence-corrected chi connectivity index (χ2v) is 4.92. The molecule has 0 aromatic heterocycles. The van der Waals surface area contributed by atoms with Gasteiger partial charge in [0.15, 0.2) is 5.96 Å². The molecule has 0 aliphatic rings. The summed E-state index contributed by atoms with van der Waals surface area (Å²) >= 11 is 0. The largest absolute Gasteiger partial charge is 0.492 e. The Hall–Kier alpha value is -1.75. The minimum atomic E-state index is 0.214. The highest BCUT2D eigenvalue weighted by Gasteiger charge is 2.03. The van der Waals surface area contributed by atoms with E-state index in [9.17, 15) is 0 Å². The predicted octanol–water partition coefficient (Wildman–Crippen LogP) is 1.96. The SMILES string of the molecule is CCNC(=NCCOc1ccc(C)cc1)NC(C)COC. The van der Waals surface area contributed by atoms with Crippen LogP contribution in [0.15, 0.2) is 29.3 Å². The molecule has 118 valence electrons. The number of ether oxygens (including phenoxy) is 2. The first-order chi connectivity index (χ1) is 10.2. The maximum atomic E-state index is 5.65. The molecule has 0 saturated carbocycles. The van der Waals surface area contributed by atoms with E-state index in [4.69, 9.17) is 9.47 Å². The molecule has 0 saturated heterocycles. The smallest absolute Gasteiger partial charge is 0.191 e. The van der Waals surface area contributed by atoms with Crippen molar-refractivity contribution in [2.75, 3.05) is 33.4 Å². The lowest BCUT2D eigenvalue weighted by Crippen LogP contribution is -2.44. The van der Waals surface area contributed by atoms with Gasteiger partial charge in [-0.05, 0) is 32.9 Å². The van der Waals surface area contributed by atoms with Gasteiger partial charge in [-0.15, -0.1) is 0 Å². The van der Waals surface area contributed by atoms with Gasteiger partial charge in [-0.3, -0.25) is 0 Å². The van der Waals surface area contributed by atoms with Gasteiger partial charge in [-0.1, -0.05) is 17.7 Å². The summed E-state index contributed by atoms with van der Waals surface area (Å²) in [6, 6.07) is 8.24. The number of rotatable bonds is 8. The van der Waals surface area contributed by atoms with Crippen LogP contribution in [0, 0.1) is 6.92 Å². The number of aryl methyl sites for hydroxylation is 1. The molecule has 0 spiro atoms. The van der Waals surface area contributed by atoms with Crippen molar-refractivity contribution in [1.29, 1.82) is 0 Å². The number of aliphatic imine (C=N–C) groups is 1. The van der Waals surface area contributed by atoms with Crippen molar-refractivity contribution in [3.05, 3.63) is 29.8 Å². The third-order valence-electron chi connectivity index (χ3n) is 2.79. The van der Waals surface area contributed by atoms with Gasteiger partial charge in [-0.2, -0.15) is 0 Å². The number of hydrogen-bond donors (Lipinski definition) is 2. The molecule has 1 aromatic carbocycles. The van der Waals surface area contributed by atoms with Crippen LogP contribution in [0.25, 0.3) is 0 Å². The van der Waals surface area contributed by atoms with Gasteiger partial charge in [-0.25, -0.2) is 4.99 Å². The number of guanidine groups is 1. The Labute approximate surface area is 127 Å². The summed E-state index contributed by atoms with van der Waals surface area (Å²) in [5, 5.41) is 6.49. The number of benzene rings is 1. The lowest BCUT2D eigenvalue weighted by molar-refractivity contribution is 0.179. The predicted molar refractivity (Wildman–Crippen MR) is 87.1 cm³/mol. The minimum absolute atomic E-state index is 0.214. The van der Waals surface area contributed by atoms with E-state index in [1.807, 2.05) is 31.2 Å². The van der Waals surface area contributed by atoms with E-state index in [0.717, 1.165) is 18.3 Å². The molecule has 0 fully saturated rings. The molecule has 1 unspecified atom stereocenters. The summed E-state index contributed by atoms with van der Waals surface area (Å²) in [7, 11) is 1.69. The van der Waals surface area contributed by atoms with Crippen LogP contribution in [0.2, 0.25) is 0 Å². The van der Waals surface area contributed by atoms with Crippen LogP contribution >= 0.6 is 0 Å². The molecule has 0 bridgehead atoms. The Morgan fingerprint density at radius 2 is 2.00 bits per heavy atom. The van der Waals surface area contributed by atoms with Crippen LogP contribution in [-0.2, 0) is 4.74 Å². The van der Waals surface area contributed by atoms with E-state index in [2.05, 4.69) is 29.5 Å². The fourth-order valence-corrected chi connectivity index (χ4v) is 1.80. The Balaban J connectivity index is 2.37. The fourth-order valence-electron chi connectivity index (χ4n) is 1.80. The summed E-state index contributed by atoms with van der Waals surface area (Å²) in [4.78, 5) is 4.48. The highest BCUT2D eigenvalue weighted by molar-refractivity contribution is 5.80. The molecule has 0 aliphatic heterocycles. The van der Waals surface area contributed by atoms with Crippen molar-refractivity contribution >= 4 is 5.96 Å². The minimum Gasteiger partial charge on any atom is -0.492 e. The zero-order valence-corrected chi connectivity index (χ0v) is 13.5. The molecule has 1 aromatic rings. The monoisotopic (exact) mass is 293 g/mol. The molecular formula is C16H27N3O2. The van der Waals surface area contributed by atoms with E-state index in [-0.39, 0.29) is 6.04 Å². The normalized spacial score (nSPS) is 12.9. The highest BCUT2D eigenvalue weighted by Crippen LogP contribution is 2.10. The average molecular weight is 293 g/mol. The van der Waals surface area contributed by atoms with Crippen LogP contribution in [0.3, 0.4) is 0 Å². The van der Waals surface area contributed by atoms with E-state index in [1.54, 1.807) is 7.11 Å². The summed E-state index contributed by atoms with van der Waals surface area (Å²) in [5.74, 6) is 1.66. The number of methoxy groups -OCH3 is 1. The zero-order valence-electron chi connectivity index (χ0n) is 13.5. The van der Waals surface area contributed by atoms with Gasteiger partial charge >= 0.3 is 0 Å². The van der Waals surface area contributed by atoms with Crippen molar-refractivity contribution in [3.8, 4) is 5.75 Å². The fraction of sp³-hybridized carbons (Fsp3) is 0.562. The van der Waals surface area contributed by atoms with Gasteiger partial charge in [0.05, 0.1) is 13.2 Å². The molecule has 1 atom stereocenters. The molecular weight excluding hydrogens is 266 g/mol. The molecule has 0 heterocycles. The Morgan fingerprint density at radius 3 is 2.62 bits per heavy atom. The first-order valence-electron chi connectivity index (χ1n) is 7.39. The first kappa shape index (κ1) is 17.3. The van der Waals surface area contributed by atoms with Gasteiger partial charge < -0.3 is 20.1 Å². The van der Waals surface area contributed by atoms with Gasteiger partial charge in [0.25, 0.3) is 0 Å². The van der Waals surface area contributed by atoms with Gasteiger partial charge in [0, 0.05) is 19.7 Å². The van der Waals surface area contributed by atoms with Crippen LogP contribution in [0.4, 0.5) is 0 Å². The topological polar surface area (TPSA) is 54.9 Å². The first-order valence-corrected chi connectivity index (χ1v) is 7.39. The molecule has 0 aliphatic carbocycles. The van der Waals surface area contributed by atoms with Crippen LogP contribution in [0.5, 0.6) is 5.75 Å². The van der Waals surface area contributed by atoms with Crippen LogP contribution in [-0.4, -0.2) is 45.4 Å². The second kappa shape index (κ2) is 10.0. The molecule has 21 heavy (non-hydrogen) atoms. The number of nitrogens with zero attached hydrogens (tertiary/aromatic N) is 1. The zero-order chi connectivity index (χ0) is 15.5. The molecule has 2 N–H and O–H groups in total. The van der Waals surface area contributed by atoms with E-state index < -0.39 is 0 Å². The molecule has 0 radical (unpaired) electrons. The Morgan fingerprint density at radius 1 is 1.29 bits per heavy atom. The number of hydrogen-bond acceptors (Lipinski definition) is 3. The molecule has 5 heteroatoms. The molecule has 1 rings (SSSR count). The third kappa shape index (κ3) is 7.56. The second-order valence-electron chi connectivity index (χ2n) is 4.92. The Bertz CT molecular complexity index is 418. The molecule has 5 nitrogen and oxygen atoms in total. The highest BCUT2D eigenvalue weighted by atomic mass is 16.5. The summed E-state index contributed by atoms with van der Waals surface area (Å²) in [6.07, 6.45) is 0. The quantitative estimate of drug-likeness (QED) is 0.437. The summed E-state index contributed by atoms with van der Waals surface area (Å²) in [5.41, 5.74) is 1.23. The Kier molecular flexibility index (Phi) is 8.28. The standard InChI is InChI=1S/C16H27N3O2/c1-5-17-16(19-14(3)12-20-4)18-10-11-21-15-8-6-13(2)7-9-15/h6-9,14H,5,10-12H2,1-4H3,(H2,17,18,19). The lowest BCUT2D eigenvalue weighted by Gasteiger charge is -2.17. The summed E-state index contributed by atoms with van der Waals surface area (Å²) in [6.45, 7) is 8.78. The van der Waals surface area contributed by atoms with Crippen molar-refractivity contribution < 1.29 is 9.47 Å². The van der Waals surface area contributed by atoms with E-state index in [0.29, 0.717) is 19.8 Å². The van der Waals surface area contributed by atoms with Crippen molar-refractivity contribution in [2.24, 2.45) is 4.99 Å². The van der Waals surface area contributed by atoms with E-state index in [1.165, 1.54) is 5.56 Å². The third-order valence-corrected chi connectivity index (χ3v) is 2.79. The maximum absolute atomic E-state index is 5.65. The van der Waals surface area contributed by atoms with Crippen molar-refractivity contribution in [3.63, 3.8) is 0 Å². The van der Waals surface area contributed by atoms with Gasteiger partial charge in [0.1, 0.15) is 12.4 Å².